The molecule has 0 aromatic carbocycles. The fourth-order valence-electron chi connectivity index (χ4n) is 2.32. The predicted octanol–water partition coefficient (Wildman–Crippen LogP) is 2.40. The summed E-state index contributed by atoms with van der Waals surface area (Å²) in [6, 6.07) is 2.21. The Hall–Kier alpha value is -0.290. The number of halogens is 1. The molecule has 1 saturated heterocycles. The molecule has 17 heavy (non-hydrogen) atoms. The topological polar surface area (TPSA) is 50.9 Å². The minimum absolute atomic E-state index is 0.210. The number of thioether (sulfide) groups is 1. The molecule has 1 fully saturated rings. The van der Waals surface area contributed by atoms with E-state index in [4.69, 9.17) is 17.4 Å². The van der Waals surface area contributed by atoms with Crippen molar-refractivity contribution in [3.63, 3.8) is 0 Å². The Kier molecular flexibility index (Phi) is 4.31. The number of nitrogens with one attached hydrogen (secondary N) is 1. The average molecular weight is 272 g/mol. The van der Waals surface area contributed by atoms with E-state index >= 15 is 0 Å². The number of nitrogens with two attached hydrogens (primary N) is 1. The minimum Gasteiger partial charge on any atom is -0.271 e. The highest BCUT2D eigenvalue weighted by Crippen LogP contribution is 2.41. The molecule has 3 N–H and O–H groups in total. The van der Waals surface area contributed by atoms with Gasteiger partial charge in [-0.1, -0.05) is 11.6 Å². The van der Waals surface area contributed by atoms with Crippen LogP contribution in [0.25, 0.3) is 0 Å². The number of pyridine rings is 1. The molecule has 0 saturated carbocycles. The van der Waals surface area contributed by atoms with E-state index in [1.165, 1.54) is 18.6 Å². The van der Waals surface area contributed by atoms with E-state index in [-0.39, 0.29) is 10.8 Å². The van der Waals surface area contributed by atoms with Gasteiger partial charge in [0, 0.05) is 23.2 Å². The van der Waals surface area contributed by atoms with Crippen molar-refractivity contribution in [2.24, 2.45) is 5.84 Å². The number of hydrogen-bond acceptors (Lipinski definition) is 4. The van der Waals surface area contributed by atoms with Crippen LogP contribution in [0.2, 0.25) is 5.02 Å². The third-order valence-corrected chi connectivity index (χ3v) is 5.45. The van der Waals surface area contributed by atoms with Crippen LogP contribution >= 0.6 is 23.4 Å². The van der Waals surface area contributed by atoms with Crippen molar-refractivity contribution >= 4 is 23.4 Å². The lowest BCUT2D eigenvalue weighted by molar-refractivity contribution is 0.405. The molecule has 3 nitrogen and oxygen atoms in total. The van der Waals surface area contributed by atoms with Crippen LogP contribution in [0.5, 0.6) is 0 Å². The summed E-state index contributed by atoms with van der Waals surface area (Å²) in [5, 5.41) is 0.722. The number of aromatic nitrogens is 1. The van der Waals surface area contributed by atoms with Gasteiger partial charge in [0.15, 0.2) is 0 Å². The van der Waals surface area contributed by atoms with Gasteiger partial charge in [0.1, 0.15) is 0 Å². The predicted molar refractivity (Wildman–Crippen MR) is 74.2 cm³/mol. The van der Waals surface area contributed by atoms with Gasteiger partial charge in [-0.05, 0) is 43.6 Å². The normalized spacial score (nSPS) is 26.1. The second kappa shape index (κ2) is 5.57. The molecule has 1 aliphatic heterocycles. The fourth-order valence-corrected chi connectivity index (χ4v) is 3.91. The zero-order valence-electron chi connectivity index (χ0n) is 9.95. The molecule has 0 spiro atoms. The Labute approximate surface area is 111 Å². The Balaban J connectivity index is 2.12. The first kappa shape index (κ1) is 13.1. The van der Waals surface area contributed by atoms with Crippen molar-refractivity contribution in [3.05, 3.63) is 29.0 Å². The molecule has 0 amide bonds. The summed E-state index contributed by atoms with van der Waals surface area (Å²) >= 11 is 8.14. The van der Waals surface area contributed by atoms with Gasteiger partial charge in [0.25, 0.3) is 0 Å². The van der Waals surface area contributed by atoms with Crippen LogP contribution in [-0.2, 0) is 6.42 Å². The van der Waals surface area contributed by atoms with Crippen LogP contribution in [0.3, 0.4) is 0 Å². The van der Waals surface area contributed by atoms with Crippen LogP contribution in [0, 0.1) is 0 Å². The summed E-state index contributed by atoms with van der Waals surface area (Å²) in [7, 11) is 0. The molecular formula is C12H18ClN3S. The first-order valence-corrected chi connectivity index (χ1v) is 7.20. The number of hydrazine groups is 1. The highest BCUT2D eigenvalue weighted by molar-refractivity contribution is 8.00. The smallest absolute Gasteiger partial charge is 0.0621 e. The Morgan fingerprint density at radius 1 is 1.71 bits per heavy atom. The second-order valence-corrected chi connectivity index (χ2v) is 6.69. The van der Waals surface area contributed by atoms with Gasteiger partial charge >= 0.3 is 0 Å². The summed E-state index contributed by atoms with van der Waals surface area (Å²) in [6.45, 7) is 2.28. The summed E-state index contributed by atoms with van der Waals surface area (Å²) in [5.74, 6) is 6.93. The molecule has 1 aliphatic rings. The van der Waals surface area contributed by atoms with E-state index in [9.17, 15) is 0 Å². The van der Waals surface area contributed by atoms with E-state index < -0.39 is 0 Å². The zero-order chi connectivity index (χ0) is 12.3. The van der Waals surface area contributed by atoms with Gasteiger partial charge in [0.2, 0.25) is 0 Å². The van der Waals surface area contributed by atoms with Gasteiger partial charge in [-0.2, -0.15) is 11.8 Å². The van der Waals surface area contributed by atoms with E-state index in [0.717, 1.165) is 17.0 Å². The van der Waals surface area contributed by atoms with E-state index in [2.05, 4.69) is 17.3 Å². The number of hydrogen-bond donors (Lipinski definition) is 2. The molecule has 2 rings (SSSR count). The lowest BCUT2D eigenvalue weighted by atomic mass is 9.91. The summed E-state index contributed by atoms with van der Waals surface area (Å²) < 4.78 is 0.210. The summed E-state index contributed by atoms with van der Waals surface area (Å²) in [5.41, 5.74) is 4.07. The Morgan fingerprint density at radius 3 is 3.12 bits per heavy atom. The molecule has 0 radical (unpaired) electrons. The Bertz CT molecular complexity index is 380. The third-order valence-electron chi connectivity index (χ3n) is 3.47. The van der Waals surface area contributed by atoms with Crippen molar-refractivity contribution in [1.29, 1.82) is 0 Å². The van der Waals surface area contributed by atoms with Gasteiger partial charge in [0.05, 0.1) is 5.02 Å². The maximum Gasteiger partial charge on any atom is 0.0621 e. The first-order chi connectivity index (χ1) is 8.15. The van der Waals surface area contributed by atoms with Crippen molar-refractivity contribution < 1.29 is 0 Å². The van der Waals surface area contributed by atoms with Crippen molar-refractivity contribution in [1.82, 2.24) is 10.4 Å². The molecule has 2 unspecified atom stereocenters. The maximum atomic E-state index is 6.14. The quantitative estimate of drug-likeness (QED) is 0.652. The number of nitrogens with zero attached hydrogens (tertiary/aromatic N) is 1. The largest absolute Gasteiger partial charge is 0.271 e. The number of rotatable bonds is 4. The first-order valence-electron chi connectivity index (χ1n) is 5.84. The molecule has 1 aromatic heterocycles. The molecular weight excluding hydrogens is 254 g/mol. The molecule has 2 heterocycles. The summed E-state index contributed by atoms with van der Waals surface area (Å²) in [4.78, 5) is 4.00. The van der Waals surface area contributed by atoms with Crippen LogP contribution in [0.15, 0.2) is 18.5 Å². The van der Waals surface area contributed by atoms with Crippen molar-refractivity contribution in [2.45, 2.75) is 37.0 Å². The summed E-state index contributed by atoms with van der Waals surface area (Å²) in [6.07, 6.45) is 6.79. The monoisotopic (exact) mass is 271 g/mol. The van der Waals surface area contributed by atoms with E-state index in [1.54, 1.807) is 12.4 Å². The van der Waals surface area contributed by atoms with E-state index in [1.807, 2.05) is 17.8 Å². The molecule has 0 bridgehead atoms. The molecule has 1 aromatic rings. The second-order valence-electron chi connectivity index (χ2n) is 4.66. The minimum atomic E-state index is 0.210. The van der Waals surface area contributed by atoms with Gasteiger partial charge < -0.3 is 0 Å². The standard InChI is InChI=1S/C12H18ClN3S/c1-12(4-2-6-17-12)11(16-14)7-9-3-5-15-8-10(9)13/h3,5,8,11,16H,2,4,6-7,14H2,1H3. The van der Waals surface area contributed by atoms with Crippen LogP contribution in [0.1, 0.15) is 25.3 Å². The highest BCUT2D eigenvalue weighted by Gasteiger charge is 2.37. The van der Waals surface area contributed by atoms with Crippen molar-refractivity contribution in [3.8, 4) is 0 Å². The molecule has 0 aliphatic carbocycles. The molecule has 5 heteroatoms. The van der Waals surface area contributed by atoms with Gasteiger partial charge in [-0.15, -0.1) is 0 Å². The SMILES string of the molecule is CC1(C(Cc2ccncc2Cl)NN)CCCS1. The lowest BCUT2D eigenvalue weighted by Gasteiger charge is -2.33. The third kappa shape index (κ3) is 2.94. The van der Waals surface area contributed by atoms with Crippen LogP contribution < -0.4 is 11.3 Å². The Morgan fingerprint density at radius 2 is 2.53 bits per heavy atom. The van der Waals surface area contributed by atoms with E-state index in [0.29, 0.717) is 0 Å². The lowest BCUT2D eigenvalue weighted by Crippen LogP contribution is -2.50. The van der Waals surface area contributed by atoms with Gasteiger partial charge in [-0.3, -0.25) is 16.3 Å². The van der Waals surface area contributed by atoms with Crippen molar-refractivity contribution in [2.75, 3.05) is 5.75 Å². The average Bonchev–Trinajstić information content (AvgIpc) is 2.76. The molecule has 94 valence electrons. The fraction of sp³-hybridized carbons (Fsp3) is 0.583. The van der Waals surface area contributed by atoms with Crippen LogP contribution in [0.4, 0.5) is 0 Å². The maximum absolute atomic E-state index is 6.14. The van der Waals surface area contributed by atoms with Crippen LogP contribution in [-0.4, -0.2) is 21.5 Å². The molecule has 2 atom stereocenters. The zero-order valence-corrected chi connectivity index (χ0v) is 11.5. The van der Waals surface area contributed by atoms with Gasteiger partial charge in [-0.25, -0.2) is 0 Å². The highest BCUT2D eigenvalue weighted by atomic mass is 35.5.